The third kappa shape index (κ3) is 5.39. The fraction of sp³-hybridized carbons (Fsp3) is 0.263. The highest BCUT2D eigenvalue weighted by atomic mass is 19.1. The molecular weight excluding hydrogens is 321 g/mol. The van der Waals surface area contributed by atoms with Crippen molar-refractivity contribution in [2.75, 3.05) is 26.0 Å². The van der Waals surface area contributed by atoms with E-state index in [1.165, 1.54) is 19.1 Å². The van der Waals surface area contributed by atoms with Crippen molar-refractivity contribution in [1.82, 2.24) is 10.2 Å². The van der Waals surface area contributed by atoms with E-state index < -0.39 is 0 Å². The highest BCUT2D eigenvalue weighted by molar-refractivity contribution is 5.95. The van der Waals surface area contributed by atoms with E-state index in [0.717, 1.165) is 5.56 Å². The molecule has 0 aliphatic rings. The molecule has 0 aromatic heterocycles. The van der Waals surface area contributed by atoms with Gasteiger partial charge in [-0.1, -0.05) is 12.1 Å². The lowest BCUT2D eigenvalue weighted by Gasteiger charge is -2.25. The van der Waals surface area contributed by atoms with Crippen LogP contribution in [0.15, 0.2) is 48.5 Å². The Morgan fingerprint density at radius 3 is 2.16 bits per heavy atom. The summed E-state index contributed by atoms with van der Waals surface area (Å²) in [5, 5.41) is 5.53. The predicted molar refractivity (Wildman–Crippen MR) is 96.3 cm³/mol. The Kier molecular flexibility index (Phi) is 6.25. The number of hydrogen-bond donors (Lipinski definition) is 2. The van der Waals surface area contributed by atoms with E-state index in [4.69, 9.17) is 0 Å². The van der Waals surface area contributed by atoms with Crippen molar-refractivity contribution in [3.63, 3.8) is 0 Å². The maximum absolute atomic E-state index is 13.1. The van der Waals surface area contributed by atoms with Crippen LogP contribution in [0.2, 0.25) is 0 Å². The molecule has 6 heteroatoms. The monoisotopic (exact) mass is 343 g/mol. The quantitative estimate of drug-likeness (QED) is 0.790. The van der Waals surface area contributed by atoms with Gasteiger partial charge in [-0.15, -0.1) is 0 Å². The van der Waals surface area contributed by atoms with Gasteiger partial charge in [0.2, 0.25) is 0 Å². The fourth-order valence-electron chi connectivity index (χ4n) is 2.44. The topological polar surface area (TPSA) is 61.4 Å². The minimum atomic E-state index is -0.343. The van der Waals surface area contributed by atoms with E-state index in [1.807, 2.05) is 19.0 Å². The van der Waals surface area contributed by atoms with E-state index in [1.54, 1.807) is 36.4 Å². The van der Waals surface area contributed by atoms with E-state index in [9.17, 15) is 14.0 Å². The van der Waals surface area contributed by atoms with Crippen molar-refractivity contribution in [2.24, 2.45) is 0 Å². The molecule has 2 aromatic carbocycles. The molecule has 2 N–H and O–H groups in total. The number of anilines is 1. The van der Waals surface area contributed by atoms with Crippen LogP contribution in [-0.4, -0.2) is 37.4 Å². The molecule has 132 valence electrons. The lowest BCUT2D eigenvalue weighted by atomic mass is 10.1. The largest absolute Gasteiger partial charge is 0.336 e. The second-order valence-electron chi connectivity index (χ2n) is 6.00. The molecule has 0 saturated carbocycles. The number of carbonyl (C=O) groups is 2. The highest BCUT2D eigenvalue weighted by Gasteiger charge is 2.15. The molecule has 0 heterocycles. The lowest BCUT2D eigenvalue weighted by Crippen LogP contribution is -2.36. The number of halogens is 1. The number of carbonyl (C=O) groups excluding carboxylic acids is 2. The van der Waals surface area contributed by atoms with E-state index in [0.29, 0.717) is 17.8 Å². The first kappa shape index (κ1) is 18.6. The molecule has 0 fully saturated rings. The van der Waals surface area contributed by atoms with Crippen LogP contribution in [0, 0.1) is 5.82 Å². The molecule has 0 aliphatic carbocycles. The molecule has 0 radical (unpaired) electrons. The van der Waals surface area contributed by atoms with E-state index >= 15 is 0 Å². The van der Waals surface area contributed by atoms with Crippen LogP contribution in [-0.2, 0) is 0 Å². The van der Waals surface area contributed by atoms with Gasteiger partial charge in [0.25, 0.3) is 0 Å². The average Bonchev–Trinajstić information content (AvgIpc) is 2.57. The average molecular weight is 343 g/mol. The zero-order valence-electron chi connectivity index (χ0n) is 14.5. The summed E-state index contributed by atoms with van der Waals surface area (Å²) in [5.74, 6) is -0.315. The summed E-state index contributed by atoms with van der Waals surface area (Å²) >= 11 is 0. The molecule has 2 aromatic rings. The minimum absolute atomic E-state index is 0.0240. The number of benzene rings is 2. The first-order valence-corrected chi connectivity index (χ1v) is 7.94. The Morgan fingerprint density at radius 2 is 1.64 bits per heavy atom. The Balaban J connectivity index is 1.94. The highest BCUT2D eigenvalue weighted by Crippen LogP contribution is 2.18. The third-order valence-electron chi connectivity index (χ3n) is 3.88. The molecule has 0 saturated heterocycles. The summed E-state index contributed by atoms with van der Waals surface area (Å²) in [4.78, 5) is 25.3. The molecule has 1 unspecified atom stereocenters. The van der Waals surface area contributed by atoms with Gasteiger partial charge in [0.15, 0.2) is 5.78 Å². The summed E-state index contributed by atoms with van der Waals surface area (Å²) in [6, 6.07) is 12.5. The number of nitrogens with one attached hydrogen (secondary N) is 2. The number of amides is 2. The summed E-state index contributed by atoms with van der Waals surface area (Å²) in [6.45, 7) is 1.86. The number of ketones is 1. The van der Waals surface area contributed by atoms with Crippen molar-refractivity contribution in [2.45, 2.75) is 13.0 Å². The number of urea groups is 1. The van der Waals surface area contributed by atoms with Crippen molar-refractivity contribution in [1.29, 1.82) is 0 Å². The van der Waals surface area contributed by atoms with Crippen LogP contribution in [0.5, 0.6) is 0 Å². The van der Waals surface area contributed by atoms with Gasteiger partial charge in [0.05, 0.1) is 6.04 Å². The van der Waals surface area contributed by atoms with Gasteiger partial charge in [-0.2, -0.15) is 0 Å². The molecule has 1 atom stereocenters. The van der Waals surface area contributed by atoms with Gasteiger partial charge in [-0.05, 0) is 63.0 Å². The standard InChI is InChI=1S/C19H22FN3O2/c1-13(24)14-6-10-17(11-7-14)22-19(25)21-12-18(23(2)3)15-4-8-16(20)9-5-15/h4-11,18H,12H2,1-3H3,(H2,21,22,25). The predicted octanol–water partition coefficient (Wildman–Crippen LogP) is 3.45. The van der Waals surface area contributed by atoms with Gasteiger partial charge in [0, 0.05) is 17.8 Å². The van der Waals surface area contributed by atoms with Crippen LogP contribution >= 0.6 is 0 Å². The molecule has 25 heavy (non-hydrogen) atoms. The molecule has 5 nitrogen and oxygen atoms in total. The molecule has 2 rings (SSSR count). The number of hydrogen-bond acceptors (Lipinski definition) is 3. The van der Waals surface area contributed by atoms with Crippen molar-refractivity contribution in [3.05, 3.63) is 65.5 Å². The number of rotatable bonds is 6. The Hall–Kier alpha value is -2.73. The third-order valence-corrected chi connectivity index (χ3v) is 3.88. The maximum atomic E-state index is 13.1. The summed E-state index contributed by atoms with van der Waals surface area (Å²) in [6.07, 6.45) is 0. The van der Waals surface area contributed by atoms with Gasteiger partial charge < -0.3 is 15.5 Å². The molecular formula is C19H22FN3O2. The molecule has 2 amide bonds. The van der Waals surface area contributed by atoms with Crippen molar-refractivity contribution in [3.8, 4) is 0 Å². The molecule has 0 spiro atoms. The summed E-state index contributed by atoms with van der Waals surface area (Å²) in [7, 11) is 3.79. The first-order valence-electron chi connectivity index (χ1n) is 7.94. The van der Waals surface area contributed by atoms with Gasteiger partial charge in [-0.3, -0.25) is 4.79 Å². The van der Waals surface area contributed by atoms with Gasteiger partial charge in [-0.25, -0.2) is 9.18 Å². The van der Waals surface area contributed by atoms with Crippen LogP contribution in [0.1, 0.15) is 28.9 Å². The van der Waals surface area contributed by atoms with Crippen LogP contribution in [0.3, 0.4) is 0 Å². The molecule has 0 bridgehead atoms. The number of Topliss-reactive ketones (excluding diaryl/α,β-unsaturated/α-hetero) is 1. The lowest BCUT2D eigenvalue weighted by molar-refractivity contribution is 0.101. The number of nitrogens with zero attached hydrogens (tertiary/aromatic N) is 1. The zero-order chi connectivity index (χ0) is 18.4. The maximum Gasteiger partial charge on any atom is 0.319 e. The van der Waals surface area contributed by atoms with Crippen molar-refractivity contribution < 1.29 is 14.0 Å². The normalized spacial score (nSPS) is 11.9. The summed E-state index contributed by atoms with van der Waals surface area (Å²) < 4.78 is 13.1. The van der Waals surface area contributed by atoms with E-state index in [2.05, 4.69) is 10.6 Å². The first-order chi connectivity index (χ1) is 11.9. The fourth-order valence-corrected chi connectivity index (χ4v) is 2.44. The molecule has 0 aliphatic heterocycles. The second-order valence-corrected chi connectivity index (χ2v) is 6.00. The van der Waals surface area contributed by atoms with Gasteiger partial charge >= 0.3 is 6.03 Å². The minimum Gasteiger partial charge on any atom is -0.336 e. The Bertz CT molecular complexity index is 727. The van der Waals surface area contributed by atoms with E-state index in [-0.39, 0.29) is 23.7 Å². The smallest absolute Gasteiger partial charge is 0.319 e. The van der Waals surface area contributed by atoms with Crippen LogP contribution in [0.4, 0.5) is 14.9 Å². The van der Waals surface area contributed by atoms with Gasteiger partial charge in [0.1, 0.15) is 5.82 Å². The zero-order valence-corrected chi connectivity index (χ0v) is 14.5. The SMILES string of the molecule is CC(=O)c1ccc(NC(=O)NCC(c2ccc(F)cc2)N(C)C)cc1. The Labute approximate surface area is 146 Å². The van der Waals surface area contributed by atoms with Crippen molar-refractivity contribution >= 4 is 17.5 Å². The number of likely N-dealkylation sites (N-methyl/N-ethyl adjacent to an activating group) is 1. The van der Waals surface area contributed by atoms with Crippen LogP contribution in [0.25, 0.3) is 0 Å². The summed E-state index contributed by atoms with van der Waals surface area (Å²) in [5.41, 5.74) is 2.11. The van der Waals surface area contributed by atoms with Crippen LogP contribution < -0.4 is 10.6 Å². The second kappa shape index (κ2) is 8.39. The Morgan fingerprint density at radius 1 is 1.04 bits per heavy atom.